The van der Waals surface area contributed by atoms with Gasteiger partial charge in [-0.15, -0.1) is 0 Å². The van der Waals surface area contributed by atoms with E-state index in [1.807, 2.05) is 0 Å². The number of hydrogen-bond donors (Lipinski definition) is 0. The van der Waals surface area contributed by atoms with Crippen molar-refractivity contribution < 1.29 is 0 Å². The molecule has 2 atom stereocenters. The third-order valence-electron chi connectivity index (χ3n) is 4.62. The number of rotatable bonds is 0. The molecule has 0 amide bonds. The standard InChI is InChI=1S/C12H22/c1-11(2)7-10-6-5-9(11)8-12(10,3)4/h9-10H,5-8H2,1-4H3. The molecule has 0 aromatic heterocycles. The van der Waals surface area contributed by atoms with Crippen molar-refractivity contribution in [3.05, 3.63) is 0 Å². The van der Waals surface area contributed by atoms with Crippen LogP contribution in [0.3, 0.4) is 0 Å². The van der Waals surface area contributed by atoms with Crippen molar-refractivity contribution in [3.63, 3.8) is 0 Å². The number of hydrogen-bond acceptors (Lipinski definition) is 0. The second kappa shape index (κ2) is 2.27. The fraction of sp³-hybridized carbons (Fsp3) is 1.00. The molecule has 0 aromatic carbocycles. The predicted molar refractivity (Wildman–Crippen MR) is 53.0 cm³/mol. The maximum Gasteiger partial charge on any atom is -0.0323 e. The van der Waals surface area contributed by atoms with Crippen LogP contribution in [0.15, 0.2) is 0 Å². The summed E-state index contributed by atoms with van der Waals surface area (Å²) < 4.78 is 0. The first kappa shape index (κ1) is 8.59. The molecular weight excluding hydrogens is 144 g/mol. The maximum atomic E-state index is 2.47. The third-order valence-corrected chi connectivity index (χ3v) is 4.62. The summed E-state index contributed by atoms with van der Waals surface area (Å²) in [7, 11) is 0. The molecule has 3 fully saturated rings. The molecule has 0 aliphatic heterocycles. The van der Waals surface area contributed by atoms with Crippen LogP contribution < -0.4 is 0 Å². The smallest absolute Gasteiger partial charge is 0.0323 e. The van der Waals surface area contributed by atoms with Crippen molar-refractivity contribution >= 4 is 0 Å². The summed E-state index contributed by atoms with van der Waals surface area (Å²) in [6.07, 6.45) is 5.96. The highest BCUT2D eigenvalue weighted by Crippen LogP contribution is 2.59. The molecule has 0 nitrogen and oxygen atoms in total. The zero-order valence-corrected chi connectivity index (χ0v) is 8.98. The van der Waals surface area contributed by atoms with Gasteiger partial charge in [-0.05, 0) is 48.3 Å². The minimum atomic E-state index is 0.651. The van der Waals surface area contributed by atoms with Crippen LogP contribution in [-0.2, 0) is 0 Å². The maximum absolute atomic E-state index is 2.47. The second-order valence-corrected chi connectivity index (χ2v) is 6.36. The van der Waals surface area contributed by atoms with Gasteiger partial charge in [-0.2, -0.15) is 0 Å². The zero-order valence-electron chi connectivity index (χ0n) is 8.98. The van der Waals surface area contributed by atoms with Crippen LogP contribution in [0.1, 0.15) is 53.4 Å². The lowest BCUT2D eigenvalue weighted by Gasteiger charge is -2.56. The Labute approximate surface area is 76.7 Å². The molecule has 2 unspecified atom stereocenters. The van der Waals surface area contributed by atoms with Gasteiger partial charge in [0, 0.05) is 0 Å². The van der Waals surface area contributed by atoms with E-state index in [-0.39, 0.29) is 0 Å². The minimum Gasteiger partial charge on any atom is -0.0596 e. The van der Waals surface area contributed by atoms with E-state index in [1.165, 1.54) is 25.7 Å². The van der Waals surface area contributed by atoms with Gasteiger partial charge < -0.3 is 0 Å². The Hall–Kier alpha value is 0. The average molecular weight is 166 g/mol. The molecule has 0 radical (unpaired) electrons. The van der Waals surface area contributed by atoms with E-state index >= 15 is 0 Å². The minimum absolute atomic E-state index is 0.651. The van der Waals surface area contributed by atoms with Crippen molar-refractivity contribution in [2.24, 2.45) is 22.7 Å². The lowest BCUT2D eigenvalue weighted by molar-refractivity contribution is -0.0580. The summed E-state index contributed by atoms with van der Waals surface area (Å²) in [4.78, 5) is 0. The van der Waals surface area contributed by atoms with Crippen LogP contribution in [0.2, 0.25) is 0 Å². The molecular formula is C12H22. The Morgan fingerprint density at radius 3 is 1.25 bits per heavy atom. The zero-order chi connectivity index (χ0) is 8.98. The molecule has 0 N–H and O–H groups in total. The normalized spacial score (nSPS) is 43.0. The van der Waals surface area contributed by atoms with Crippen LogP contribution >= 0.6 is 0 Å². The van der Waals surface area contributed by atoms with Gasteiger partial charge in [0.2, 0.25) is 0 Å². The van der Waals surface area contributed by atoms with E-state index in [1.54, 1.807) is 0 Å². The summed E-state index contributed by atoms with van der Waals surface area (Å²) in [6, 6.07) is 0. The summed E-state index contributed by atoms with van der Waals surface area (Å²) in [5.41, 5.74) is 1.30. The first-order valence-electron chi connectivity index (χ1n) is 5.42. The predicted octanol–water partition coefficient (Wildman–Crippen LogP) is 3.86. The van der Waals surface area contributed by atoms with E-state index in [0.29, 0.717) is 10.8 Å². The fourth-order valence-corrected chi connectivity index (χ4v) is 3.54. The van der Waals surface area contributed by atoms with Crippen molar-refractivity contribution in [2.75, 3.05) is 0 Å². The molecule has 2 bridgehead atoms. The highest BCUT2D eigenvalue weighted by molar-refractivity contribution is 4.99. The monoisotopic (exact) mass is 166 g/mol. The van der Waals surface area contributed by atoms with Crippen LogP contribution in [0.5, 0.6) is 0 Å². The average Bonchev–Trinajstić information content (AvgIpc) is 1.90. The van der Waals surface area contributed by atoms with E-state index in [0.717, 1.165) is 11.8 Å². The van der Waals surface area contributed by atoms with Crippen LogP contribution in [0, 0.1) is 22.7 Å². The molecule has 0 heteroatoms. The van der Waals surface area contributed by atoms with Gasteiger partial charge in [-0.1, -0.05) is 27.7 Å². The van der Waals surface area contributed by atoms with E-state index in [9.17, 15) is 0 Å². The Balaban J connectivity index is 2.23. The second-order valence-electron chi connectivity index (χ2n) is 6.36. The first-order valence-corrected chi connectivity index (χ1v) is 5.42. The van der Waals surface area contributed by atoms with Gasteiger partial charge in [0.25, 0.3) is 0 Å². The highest BCUT2D eigenvalue weighted by Gasteiger charge is 2.49. The molecule has 3 aliphatic rings. The van der Waals surface area contributed by atoms with Crippen LogP contribution in [-0.4, -0.2) is 0 Å². The Kier molecular flexibility index (Phi) is 1.63. The molecule has 0 spiro atoms. The van der Waals surface area contributed by atoms with Gasteiger partial charge in [-0.25, -0.2) is 0 Å². The molecule has 3 aliphatic carbocycles. The Bertz CT molecular complexity index is 166. The van der Waals surface area contributed by atoms with E-state index in [2.05, 4.69) is 27.7 Å². The molecule has 70 valence electrons. The van der Waals surface area contributed by atoms with Gasteiger partial charge in [0.05, 0.1) is 0 Å². The van der Waals surface area contributed by atoms with Gasteiger partial charge in [0.1, 0.15) is 0 Å². The lowest BCUT2D eigenvalue weighted by atomic mass is 9.49. The third kappa shape index (κ3) is 1.11. The Morgan fingerprint density at radius 1 is 0.750 bits per heavy atom. The highest BCUT2D eigenvalue weighted by atomic mass is 14.5. The summed E-state index contributed by atoms with van der Waals surface area (Å²) >= 11 is 0. The van der Waals surface area contributed by atoms with Crippen molar-refractivity contribution in [1.29, 1.82) is 0 Å². The molecule has 0 aromatic rings. The van der Waals surface area contributed by atoms with Crippen LogP contribution in [0.4, 0.5) is 0 Å². The van der Waals surface area contributed by atoms with Crippen molar-refractivity contribution in [2.45, 2.75) is 53.4 Å². The lowest BCUT2D eigenvalue weighted by Crippen LogP contribution is -2.46. The molecule has 3 rings (SSSR count). The van der Waals surface area contributed by atoms with Gasteiger partial charge in [0.15, 0.2) is 0 Å². The largest absolute Gasteiger partial charge is 0.0596 e. The summed E-state index contributed by atoms with van der Waals surface area (Å²) in [5.74, 6) is 2.02. The molecule has 0 heterocycles. The van der Waals surface area contributed by atoms with E-state index < -0.39 is 0 Å². The summed E-state index contributed by atoms with van der Waals surface area (Å²) in [6.45, 7) is 9.89. The first-order chi connectivity index (χ1) is 5.42. The Morgan fingerprint density at radius 2 is 1.08 bits per heavy atom. The molecule has 12 heavy (non-hydrogen) atoms. The molecule has 3 saturated carbocycles. The topological polar surface area (TPSA) is 0 Å². The molecule has 0 saturated heterocycles. The quantitative estimate of drug-likeness (QED) is 0.512. The van der Waals surface area contributed by atoms with Gasteiger partial charge >= 0.3 is 0 Å². The van der Waals surface area contributed by atoms with Crippen LogP contribution in [0.25, 0.3) is 0 Å². The van der Waals surface area contributed by atoms with Crippen molar-refractivity contribution in [3.8, 4) is 0 Å². The summed E-state index contributed by atoms with van der Waals surface area (Å²) in [5, 5.41) is 0. The van der Waals surface area contributed by atoms with Crippen molar-refractivity contribution in [1.82, 2.24) is 0 Å². The fourth-order valence-electron chi connectivity index (χ4n) is 3.54. The number of fused-ring (bicyclic) bond motifs is 3. The van der Waals surface area contributed by atoms with Gasteiger partial charge in [-0.3, -0.25) is 0 Å². The van der Waals surface area contributed by atoms with E-state index in [4.69, 9.17) is 0 Å². The SMILES string of the molecule is CC1(C)CC2CCC1CC2(C)C.